The number of benzene rings is 2. The third kappa shape index (κ3) is 6.42. The van der Waals surface area contributed by atoms with Gasteiger partial charge in [-0.05, 0) is 55.5 Å². The van der Waals surface area contributed by atoms with Crippen molar-refractivity contribution < 1.29 is 23.5 Å². The highest BCUT2D eigenvalue weighted by molar-refractivity contribution is 5.99. The molecule has 1 N–H and O–H groups in total. The lowest BCUT2D eigenvalue weighted by atomic mass is 10.0. The summed E-state index contributed by atoms with van der Waals surface area (Å²) in [5.74, 6) is 0.190. The van der Waals surface area contributed by atoms with E-state index in [9.17, 15) is 14.0 Å². The number of amides is 2. The quantitative estimate of drug-likeness (QED) is 0.671. The zero-order valence-electron chi connectivity index (χ0n) is 21.5. The van der Waals surface area contributed by atoms with Crippen LogP contribution in [0, 0.1) is 17.7 Å². The van der Waals surface area contributed by atoms with E-state index in [4.69, 9.17) is 9.47 Å². The molecule has 0 bridgehead atoms. The van der Waals surface area contributed by atoms with Crippen LogP contribution in [0.4, 0.5) is 10.1 Å². The molecule has 36 heavy (non-hydrogen) atoms. The average Bonchev–Trinajstić information content (AvgIpc) is 3.70. The smallest absolute Gasteiger partial charge is 0.257 e. The van der Waals surface area contributed by atoms with Crippen molar-refractivity contribution in [3.8, 4) is 5.75 Å². The molecule has 1 aliphatic carbocycles. The van der Waals surface area contributed by atoms with Crippen molar-refractivity contribution in [3.05, 3.63) is 59.4 Å². The van der Waals surface area contributed by atoms with Gasteiger partial charge in [0.1, 0.15) is 18.2 Å². The lowest BCUT2D eigenvalue weighted by Gasteiger charge is -2.36. The lowest BCUT2D eigenvalue weighted by Crippen LogP contribution is -2.46. The van der Waals surface area contributed by atoms with Gasteiger partial charge in [-0.1, -0.05) is 19.1 Å². The van der Waals surface area contributed by atoms with Crippen LogP contribution in [0.1, 0.15) is 42.6 Å². The second-order valence-corrected chi connectivity index (χ2v) is 10.1. The van der Waals surface area contributed by atoms with Crippen molar-refractivity contribution >= 4 is 17.5 Å². The summed E-state index contributed by atoms with van der Waals surface area (Å²) < 4.78 is 25.9. The number of methoxy groups -OCH3 is 1. The van der Waals surface area contributed by atoms with Gasteiger partial charge in [0.15, 0.2) is 0 Å². The molecule has 1 fully saturated rings. The number of likely N-dealkylation sites (N-methyl/N-ethyl adjacent to an activating group) is 1. The molecule has 3 atom stereocenters. The normalized spacial score (nSPS) is 23.8. The SMILES string of the molecule is CO[C@@H]1CN(C)C(=O)c2ccc(NC(=O)C3CC3)cc2OC[C@@H](C)N(Cc2cccc(F)c2)C[C@H]1C. The van der Waals surface area contributed by atoms with Crippen LogP contribution in [-0.2, 0) is 16.1 Å². The van der Waals surface area contributed by atoms with Crippen molar-refractivity contribution in [2.24, 2.45) is 11.8 Å². The van der Waals surface area contributed by atoms with Crippen LogP contribution in [0.5, 0.6) is 5.75 Å². The Labute approximate surface area is 212 Å². The summed E-state index contributed by atoms with van der Waals surface area (Å²) in [5, 5.41) is 2.94. The molecule has 1 heterocycles. The molecule has 2 aromatic rings. The standard InChI is InChI=1S/C28H36FN3O4/c1-18-14-32(15-20-6-5-7-22(29)12-20)19(2)17-36-25-13-23(30-27(33)21-8-9-21)10-11-24(25)28(34)31(3)16-26(18)35-4/h5-7,10-13,18-19,21,26H,8-9,14-17H2,1-4H3,(H,30,33)/t18-,19-,26-/m1/s1. The molecule has 0 saturated heterocycles. The first-order valence-corrected chi connectivity index (χ1v) is 12.6. The van der Waals surface area contributed by atoms with Crippen LogP contribution in [-0.4, -0.2) is 67.6 Å². The zero-order valence-corrected chi connectivity index (χ0v) is 21.5. The molecule has 0 spiro atoms. The van der Waals surface area contributed by atoms with Crippen molar-refractivity contribution in [3.63, 3.8) is 0 Å². The first-order valence-electron chi connectivity index (χ1n) is 12.6. The molecule has 2 aliphatic rings. The van der Waals surface area contributed by atoms with Gasteiger partial charge in [0.05, 0.1) is 11.7 Å². The maximum Gasteiger partial charge on any atom is 0.257 e. The monoisotopic (exact) mass is 497 g/mol. The highest BCUT2D eigenvalue weighted by Crippen LogP contribution is 2.32. The zero-order chi connectivity index (χ0) is 25.8. The molecule has 4 rings (SSSR count). The number of anilines is 1. The van der Waals surface area contributed by atoms with E-state index >= 15 is 0 Å². The van der Waals surface area contributed by atoms with E-state index in [2.05, 4.69) is 24.1 Å². The Morgan fingerprint density at radius 1 is 1.17 bits per heavy atom. The summed E-state index contributed by atoms with van der Waals surface area (Å²) in [6.07, 6.45) is 1.64. The molecule has 7 nitrogen and oxygen atoms in total. The van der Waals surface area contributed by atoms with E-state index in [1.165, 1.54) is 6.07 Å². The molecular formula is C28H36FN3O4. The number of nitrogens with one attached hydrogen (secondary N) is 1. The van der Waals surface area contributed by atoms with Gasteiger partial charge in [-0.15, -0.1) is 0 Å². The predicted octanol–water partition coefficient (Wildman–Crippen LogP) is 4.18. The summed E-state index contributed by atoms with van der Waals surface area (Å²) in [4.78, 5) is 29.5. The summed E-state index contributed by atoms with van der Waals surface area (Å²) in [6.45, 7) is 6.15. The highest BCUT2D eigenvalue weighted by Gasteiger charge is 2.31. The van der Waals surface area contributed by atoms with Gasteiger partial charge in [-0.25, -0.2) is 4.39 Å². The van der Waals surface area contributed by atoms with Crippen LogP contribution >= 0.6 is 0 Å². The molecule has 0 radical (unpaired) electrons. The molecular weight excluding hydrogens is 461 g/mol. The molecule has 1 aliphatic heterocycles. The third-order valence-electron chi connectivity index (χ3n) is 7.07. The van der Waals surface area contributed by atoms with Crippen molar-refractivity contribution in [2.45, 2.75) is 45.4 Å². The molecule has 1 saturated carbocycles. The highest BCUT2D eigenvalue weighted by atomic mass is 19.1. The number of carbonyl (C=O) groups excluding carboxylic acids is 2. The Bertz CT molecular complexity index is 1090. The van der Waals surface area contributed by atoms with Gasteiger partial charge in [0, 0.05) is 57.5 Å². The first kappa shape index (κ1) is 26.1. The Morgan fingerprint density at radius 3 is 2.64 bits per heavy atom. The van der Waals surface area contributed by atoms with Crippen LogP contribution < -0.4 is 10.1 Å². The van der Waals surface area contributed by atoms with Crippen LogP contribution in [0.25, 0.3) is 0 Å². The van der Waals surface area contributed by atoms with Crippen LogP contribution in [0.15, 0.2) is 42.5 Å². The number of nitrogens with zero attached hydrogens (tertiary/aromatic N) is 2. The largest absolute Gasteiger partial charge is 0.491 e. The number of hydrogen-bond acceptors (Lipinski definition) is 5. The van der Waals surface area contributed by atoms with Gasteiger partial charge >= 0.3 is 0 Å². The summed E-state index contributed by atoms with van der Waals surface area (Å²) in [7, 11) is 3.42. The average molecular weight is 498 g/mol. The van der Waals surface area contributed by atoms with E-state index in [1.807, 2.05) is 6.07 Å². The fourth-order valence-corrected chi connectivity index (χ4v) is 4.60. The Hall–Kier alpha value is -2.97. The predicted molar refractivity (Wildman–Crippen MR) is 136 cm³/mol. The van der Waals surface area contributed by atoms with E-state index in [0.29, 0.717) is 43.2 Å². The molecule has 8 heteroatoms. The molecule has 0 aromatic heterocycles. The topological polar surface area (TPSA) is 71.1 Å². The van der Waals surface area contributed by atoms with Gasteiger partial charge in [0.2, 0.25) is 5.91 Å². The van der Waals surface area contributed by atoms with Gasteiger partial charge in [-0.3, -0.25) is 14.5 Å². The van der Waals surface area contributed by atoms with Gasteiger partial charge < -0.3 is 19.7 Å². The Balaban J connectivity index is 1.62. The van der Waals surface area contributed by atoms with Crippen molar-refractivity contribution in [2.75, 3.05) is 39.2 Å². The molecule has 0 unspecified atom stereocenters. The number of carbonyl (C=O) groups is 2. The maximum atomic E-state index is 13.9. The van der Waals surface area contributed by atoms with Crippen LogP contribution in [0.3, 0.4) is 0 Å². The lowest BCUT2D eigenvalue weighted by molar-refractivity contribution is -0.117. The van der Waals surface area contributed by atoms with E-state index in [0.717, 1.165) is 18.4 Å². The summed E-state index contributed by atoms with van der Waals surface area (Å²) in [6, 6.07) is 11.8. The minimum absolute atomic E-state index is 0.00175. The second kappa shape index (κ2) is 11.4. The van der Waals surface area contributed by atoms with E-state index < -0.39 is 0 Å². The number of halogens is 1. The van der Waals surface area contributed by atoms with Crippen molar-refractivity contribution in [1.29, 1.82) is 0 Å². The van der Waals surface area contributed by atoms with Crippen LogP contribution in [0.2, 0.25) is 0 Å². The van der Waals surface area contributed by atoms with E-state index in [1.54, 1.807) is 49.4 Å². The Morgan fingerprint density at radius 2 is 1.94 bits per heavy atom. The number of rotatable bonds is 5. The third-order valence-corrected chi connectivity index (χ3v) is 7.07. The number of ether oxygens (including phenoxy) is 2. The fourth-order valence-electron chi connectivity index (χ4n) is 4.60. The summed E-state index contributed by atoms with van der Waals surface area (Å²) in [5.41, 5.74) is 1.93. The van der Waals surface area contributed by atoms with Gasteiger partial charge in [0.25, 0.3) is 5.91 Å². The fraction of sp³-hybridized carbons (Fsp3) is 0.500. The minimum Gasteiger partial charge on any atom is -0.491 e. The molecule has 2 aromatic carbocycles. The Kier molecular flexibility index (Phi) is 8.26. The van der Waals surface area contributed by atoms with Crippen molar-refractivity contribution in [1.82, 2.24) is 9.80 Å². The van der Waals surface area contributed by atoms with Gasteiger partial charge in [-0.2, -0.15) is 0 Å². The van der Waals surface area contributed by atoms with E-state index in [-0.39, 0.29) is 41.6 Å². The first-order chi connectivity index (χ1) is 17.2. The maximum absolute atomic E-state index is 13.9. The number of hydrogen-bond donors (Lipinski definition) is 1. The number of fused-ring (bicyclic) bond motifs is 1. The molecule has 2 amide bonds. The second-order valence-electron chi connectivity index (χ2n) is 10.1. The molecule has 194 valence electrons. The minimum atomic E-state index is -0.261. The summed E-state index contributed by atoms with van der Waals surface area (Å²) >= 11 is 0.